The SMILES string of the molecule is O=C(O)N(Cc1ccccc1)c1cccc(OCCCCCCNC[C@@H](O)c2ccc(O)c3[nH]c(=O)ccc23)c1. The third kappa shape index (κ3) is 7.84. The predicted molar refractivity (Wildman–Crippen MR) is 155 cm³/mol. The van der Waals surface area contributed by atoms with Crippen LogP contribution >= 0.6 is 0 Å². The van der Waals surface area contributed by atoms with Crippen molar-refractivity contribution in [3.63, 3.8) is 0 Å². The van der Waals surface area contributed by atoms with Crippen LogP contribution < -0.4 is 20.5 Å². The molecule has 0 aliphatic heterocycles. The summed E-state index contributed by atoms with van der Waals surface area (Å²) in [5.74, 6) is 0.608. The molecule has 0 aliphatic carbocycles. The van der Waals surface area contributed by atoms with Crippen LogP contribution in [0.4, 0.5) is 10.5 Å². The molecule has 4 aromatic rings. The summed E-state index contributed by atoms with van der Waals surface area (Å²) in [5.41, 5.74) is 2.13. The summed E-state index contributed by atoms with van der Waals surface area (Å²) in [6.45, 7) is 1.91. The molecule has 0 saturated carbocycles. The molecule has 0 unspecified atom stereocenters. The average molecular weight is 546 g/mol. The zero-order chi connectivity index (χ0) is 28.3. The highest BCUT2D eigenvalue weighted by atomic mass is 16.5. The van der Waals surface area contributed by atoms with E-state index < -0.39 is 12.2 Å². The Kier molecular flexibility index (Phi) is 10.1. The molecule has 9 heteroatoms. The number of phenols is 1. The van der Waals surface area contributed by atoms with Crippen LogP contribution in [0.5, 0.6) is 11.5 Å². The number of fused-ring (bicyclic) bond motifs is 1. The van der Waals surface area contributed by atoms with Crippen molar-refractivity contribution in [2.75, 3.05) is 24.6 Å². The minimum atomic E-state index is -1.02. The Morgan fingerprint density at radius 1 is 0.950 bits per heavy atom. The molecule has 40 heavy (non-hydrogen) atoms. The average Bonchev–Trinajstić information content (AvgIpc) is 2.96. The number of H-pyrrole nitrogens is 1. The highest BCUT2D eigenvalue weighted by molar-refractivity contribution is 5.87. The first-order chi connectivity index (χ1) is 19.4. The number of rotatable bonds is 14. The number of nitrogens with one attached hydrogen (secondary N) is 2. The van der Waals surface area contributed by atoms with E-state index in [4.69, 9.17) is 4.74 Å². The zero-order valence-corrected chi connectivity index (χ0v) is 22.3. The number of nitrogens with zero attached hydrogens (tertiary/aromatic N) is 1. The number of anilines is 1. The number of aliphatic hydroxyl groups is 1. The Bertz CT molecular complexity index is 1460. The van der Waals surface area contributed by atoms with E-state index in [1.165, 1.54) is 17.0 Å². The fraction of sp³-hybridized carbons (Fsp3) is 0.290. The van der Waals surface area contributed by atoms with Crippen molar-refractivity contribution >= 4 is 22.7 Å². The van der Waals surface area contributed by atoms with Gasteiger partial charge < -0.3 is 30.4 Å². The second-order valence-corrected chi connectivity index (χ2v) is 9.62. The van der Waals surface area contributed by atoms with E-state index in [0.717, 1.165) is 37.8 Å². The van der Waals surface area contributed by atoms with Gasteiger partial charge in [0.15, 0.2) is 0 Å². The van der Waals surface area contributed by atoms with Gasteiger partial charge in [-0.2, -0.15) is 0 Å². The van der Waals surface area contributed by atoms with Gasteiger partial charge >= 0.3 is 6.09 Å². The van der Waals surface area contributed by atoms with Gasteiger partial charge in [0.25, 0.3) is 0 Å². The molecule has 0 saturated heterocycles. The van der Waals surface area contributed by atoms with Gasteiger partial charge in [-0.1, -0.05) is 55.3 Å². The van der Waals surface area contributed by atoms with Gasteiger partial charge in [-0.15, -0.1) is 0 Å². The Labute approximate surface area is 232 Å². The maximum Gasteiger partial charge on any atom is 0.412 e. The lowest BCUT2D eigenvalue weighted by Gasteiger charge is -2.20. The van der Waals surface area contributed by atoms with Gasteiger partial charge in [-0.05, 0) is 54.8 Å². The van der Waals surface area contributed by atoms with Crippen molar-refractivity contribution in [2.45, 2.75) is 38.3 Å². The number of carboxylic acid groups (broad SMARTS) is 1. The van der Waals surface area contributed by atoms with Crippen molar-refractivity contribution in [2.24, 2.45) is 0 Å². The number of phenolic OH excluding ortho intramolecular Hbond substituents is 1. The van der Waals surface area contributed by atoms with E-state index in [1.807, 2.05) is 36.4 Å². The molecule has 0 bridgehead atoms. The maximum atomic E-state index is 11.9. The first-order valence-electron chi connectivity index (χ1n) is 13.4. The minimum Gasteiger partial charge on any atom is -0.506 e. The van der Waals surface area contributed by atoms with Gasteiger partial charge in [-0.25, -0.2) is 4.79 Å². The summed E-state index contributed by atoms with van der Waals surface area (Å²) in [4.78, 5) is 27.3. The Balaban J connectivity index is 1.14. The van der Waals surface area contributed by atoms with E-state index >= 15 is 0 Å². The molecule has 0 aliphatic rings. The molecule has 0 spiro atoms. The molecule has 1 atom stereocenters. The molecule has 1 heterocycles. The van der Waals surface area contributed by atoms with E-state index in [-0.39, 0.29) is 17.9 Å². The molecule has 1 aromatic heterocycles. The number of aromatic nitrogens is 1. The topological polar surface area (TPSA) is 135 Å². The molecular weight excluding hydrogens is 510 g/mol. The number of unbranched alkanes of at least 4 members (excludes halogenated alkanes) is 3. The summed E-state index contributed by atoms with van der Waals surface area (Å²) in [6, 6.07) is 22.7. The number of carbonyl (C=O) groups is 1. The van der Waals surface area contributed by atoms with E-state index in [0.29, 0.717) is 41.1 Å². The zero-order valence-electron chi connectivity index (χ0n) is 22.3. The summed E-state index contributed by atoms with van der Waals surface area (Å²) >= 11 is 0. The largest absolute Gasteiger partial charge is 0.506 e. The lowest BCUT2D eigenvalue weighted by Crippen LogP contribution is -2.28. The first-order valence-corrected chi connectivity index (χ1v) is 13.4. The number of aliphatic hydroxyl groups excluding tert-OH is 1. The van der Waals surface area contributed by atoms with Crippen LogP contribution in [-0.4, -0.2) is 46.1 Å². The summed E-state index contributed by atoms with van der Waals surface area (Å²) < 4.78 is 5.88. The molecular formula is C31H35N3O6. The molecule has 1 amide bonds. The maximum absolute atomic E-state index is 11.9. The molecule has 0 radical (unpaired) electrons. The standard InChI is InChI=1S/C31H35N3O6/c35-27-15-13-25(26-14-16-29(37)33-30(26)27)28(36)20-32-17-6-1-2-7-18-40-24-12-8-11-23(19-24)34(31(38)39)21-22-9-4-3-5-10-22/h3-5,8-16,19,28,32,35-36H,1-2,6-7,17-18,20-21H2,(H,33,37)(H,38,39)/t28-/m1/s1. The summed E-state index contributed by atoms with van der Waals surface area (Å²) in [7, 11) is 0. The van der Waals surface area contributed by atoms with Crippen LogP contribution in [0.25, 0.3) is 10.9 Å². The number of aromatic hydroxyl groups is 1. The normalized spacial score (nSPS) is 11.8. The fourth-order valence-electron chi connectivity index (χ4n) is 4.57. The van der Waals surface area contributed by atoms with Crippen LogP contribution in [0.1, 0.15) is 42.9 Å². The van der Waals surface area contributed by atoms with Crippen molar-refractivity contribution in [3.05, 3.63) is 100 Å². The predicted octanol–water partition coefficient (Wildman–Crippen LogP) is 5.18. The number of aromatic amines is 1. The fourth-order valence-corrected chi connectivity index (χ4v) is 4.57. The van der Waals surface area contributed by atoms with Gasteiger partial charge in [0.05, 0.1) is 30.5 Å². The molecule has 3 aromatic carbocycles. The minimum absolute atomic E-state index is 0.0291. The molecule has 4 rings (SSSR count). The van der Waals surface area contributed by atoms with Crippen LogP contribution in [0.3, 0.4) is 0 Å². The van der Waals surface area contributed by atoms with Crippen LogP contribution in [-0.2, 0) is 6.54 Å². The van der Waals surface area contributed by atoms with Crippen molar-refractivity contribution in [1.29, 1.82) is 0 Å². The number of benzene rings is 3. The lowest BCUT2D eigenvalue weighted by atomic mass is 10.0. The summed E-state index contributed by atoms with van der Waals surface area (Å²) in [5, 5.41) is 34.2. The molecule has 0 fully saturated rings. The smallest absolute Gasteiger partial charge is 0.412 e. The summed E-state index contributed by atoms with van der Waals surface area (Å²) in [6.07, 6.45) is 2.00. The van der Waals surface area contributed by atoms with Gasteiger partial charge in [-0.3, -0.25) is 9.69 Å². The number of hydrogen-bond acceptors (Lipinski definition) is 6. The third-order valence-electron chi connectivity index (χ3n) is 6.66. The van der Waals surface area contributed by atoms with Gasteiger partial charge in [0.2, 0.25) is 5.56 Å². The number of ether oxygens (including phenoxy) is 1. The number of hydrogen-bond donors (Lipinski definition) is 5. The van der Waals surface area contributed by atoms with Crippen molar-refractivity contribution < 1.29 is 24.9 Å². The lowest BCUT2D eigenvalue weighted by molar-refractivity contribution is 0.176. The van der Waals surface area contributed by atoms with Gasteiger partial charge in [0.1, 0.15) is 11.5 Å². The first kappa shape index (κ1) is 28.7. The van der Waals surface area contributed by atoms with Crippen molar-refractivity contribution in [1.82, 2.24) is 10.3 Å². The Hall–Kier alpha value is -4.34. The van der Waals surface area contributed by atoms with Gasteiger partial charge in [0, 0.05) is 24.1 Å². The van der Waals surface area contributed by atoms with E-state index in [2.05, 4.69) is 10.3 Å². The number of amides is 1. The van der Waals surface area contributed by atoms with Crippen LogP contribution in [0.15, 0.2) is 83.7 Å². The van der Waals surface area contributed by atoms with E-state index in [9.17, 15) is 24.9 Å². The second kappa shape index (κ2) is 14.2. The molecule has 5 N–H and O–H groups in total. The second-order valence-electron chi connectivity index (χ2n) is 9.62. The highest BCUT2D eigenvalue weighted by Crippen LogP contribution is 2.28. The Morgan fingerprint density at radius 2 is 1.75 bits per heavy atom. The Morgan fingerprint density at radius 3 is 2.55 bits per heavy atom. The monoisotopic (exact) mass is 545 g/mol. The quantitative estimate of drug-likeness (QED) is 0.138. The number of pyridine rings is 1. The molecule has 9 nitrogen and oxygen atoms in total. The van der Waals surface area contributed by atoms with Crippen molar-refractivity contribution in [3.8, 4) is 11.5 Å². The highest BCUT2D eigenvalue weighted by Gasteiger charge is 2.16. The molecule has 210 valence electrons. The third-order valence-corrected chi connectivity index (χ3v) is 6.66. The van der Waals surface area contributed by atoms with Crippen LogP contribution in [0.2, 0.25) is 0 Å². The van der Waals surface area contributed by atoms with Crippen LogP contribution in [0, 0.1) is 0 Å². The van der Waals surface area contributed by atoms with E-state index in [1.54, 1.807) is 30.3 Å².